The van der Waals surface area contributed by atoms with E-state index in [2.05, 4.69) is 20.4 Å². The molecule has 0 saturated carbocycles. The molecule has 12 heteroatoms. The van der Waals surface area contributed by atoms with Gasteiger partial charge >= 0.3 is 12.4 Å². The van der Waals surface area contributed by atoms with Gasteiger partial charge in [-0.1, -0.05) is 53.0 Å². The zero-order valence-corrected chi connectivity index (χ0v) is 24.0. The third kappa shape index (κ3) is 6.34. The van der Waals surface area contributed by atoms with E-state index < -0.39 is 17.5 Å². The van der Waals surface area contributed by atoms with Crippen LogP contribution in [-0.2, 0) is 12.0 Å². The van der Waals surface area contributed by atoms with Gasteiger partial charge in [-0.2, -0.15) is 0 Å². The Morgan fingerprint density at radius 1 is 1.10 bits per heavy atom. The van der Waals surface area contributed by atoms with Crippen LogP contribution >= 0.6 is 34.8 Å². The average Bonchev–Trinajstić information content (AvgIpc) is 3.20. The van der Waals surface area contributed by atoms with Gasteiger partial charge in [0.15, 0.2) is 0 Å². The summed E-state index contributed by atoms with van der Waals surface area (Å²) in [5.74, 6) is -0.473. The minimum atomic E-state index is -4.91. The van der Waals surface area contributed by atoms with Gasteiger partial charge in [-0.3, -0.25) is 0 Å². The highest BCUT2D eigenvalue weighted by Gasteiger charge is 2.58. The molecule has 0 aliphatic carbocycles. The number of nitrogens with one attached hydrogen (secondary N) is 2. The monoisotopic (exact) mass is 625 g/mol. The Morgan fingerprint density at radius 3 is 2.51 bits per heavy atom. The predicted octanol–water partition coefficient (Wildman–Crippen LogP) is 7.51. The van der Waals surface area contributed by atoms with Crippen LogP contribution in [0.3, 0.4) is 0 Å². The number of nitrogens with zero attached hydrogens (tertiary/aromatic N) is 2. The number of benzene rings is 2. The molecule has 2 aliphatic rings. The molecule has 3 heterocycles. The molecular weight excluding hydrogens is 600 g/mol. The van der Waals surface area contributed by atoms with E-state index in [4.69, 9.17) is 34.8 Å². The molecule has 6 nitrogen and oxygen atoms in total. The van der Waals surface area contributed by atoms with E-state index in [9.17, 15) is 18.0 Å². The molecule has 216 valence electrons. The van der Waals surface area contributed by atoms with Crippen LogP contribution in [-0.4, -0.2) is 43.6 Å². The Labute approximate surface area is 250 Å². The van der Waals surface area contributed by atoms with Crippen LogP contribution in [0, 0.1) is 0 Å². The lowest BCUT2D eigenvalue weighted by atomic mass is 9.74. The van der Waals surface area contributed by atoms with E-state index in [1.54, 1.807) is 30.5 Å². The number of pyridine rings is 1. The summed E-state index contributed by atoms with van der Waals surface area (Å²) in [4.78, 5) is 18.2. The number of hydrogen-bond acceptors (Lipinski definition) is 4. The zero-order valence-electron chi connectivity index (χ0n) is 21.8. The summed E-state index contributed by atoms with van der Waals surface area (Å²) in [6.07, 6.45) is 1.63. The van der Waals surface area contributed by atoms with Crippen LogP contribution in [0.25, 0.3) is 6.08 Å². The highest BCUT2D eigenvalue weighted by Crippen LogP contribution is 2.55. The van der Waals surface area contributed by atoms with Crippen molar-refractivity contribution in [2.24, 2.45) is 0 Å². The third-order valence-corrected chi connectivity index (χ3v) is 8.49. The number of quaternary nitrogens is 1. The summed E-state index contributed by atoms with van der Waals surface area (Å²) in [7, 11) is 0. The Morgan fingerprint density at radius 2 is 1.83 bits per heavy atom. The summed E-state index contributed by atoms with van der Waals surface area (Å²) in [6.45, 7) is 2.03. The SMILES string of the molecule is O=C(NCc1ccnc(Cl)c1)[N+]1(C/C=C/c2ccc(Cl)cc2)CC2(CCNCC2)c2c1ccc(OC(F)(F)F)c2Cl. The molecule has 0 bridgehead atoms. The highest BCUT2D eigenvalue weighted by molar-refractivity contribution is 6.33. The first-order valence-corrected chi connectivity index (χ1v) is 14.1. The largest absolute Gasteiger partial charge is 0.573 e. The number of fused-ring (bicyclic) bond motifs is 2. The maximum atomic E-state index is 14.2. The van der Waals surface area contributed by atoms with Crippen molar-refractivity contribution < 1.29 is 22.7 Å². The quantitative estimate of drug-likeness (QED) is 0.220. The van der Waals surface area contributed by atoms with Crippen molar-refractivity contribution >= 4 is 52.6 Å². The minimum absolute atomic E-state index is 0.114. The van der Waals surface area contributed by atoms with Gasteiger partial charge in [-0.05, 0) is 73.5 Å². The lowest BCUT2D eigenvalue weighted by Gasteiger charge is -2.36. The molecule has 41 heavy (non-hydrogen) atoms. The Hall–Kier alpha value is -2.82. The third-order valence-electron chi connectivity index (χ3n) is 7.66. The summed E-state index contributed by atoms with van der Waals surface area (Å²) >= 11 is 18.8. The Balaban J connectivity index is 1.58. The fraction of sp³-hybridized carbons (Fsp3) is 0.310. The van der Waals surface area contributed by atoms with Crippen LogP contribution in [0.4, 0.5) is 23.7 Å². The first-order chi connectivity index (χ1) is 19.5. The van der Waals surface area contributed by atoms with Crippen LogP contribution in [0.15, 0.2) is 60.8 Å². The molecule has 2 N–H and O–H groups in total. The van der Waals surface area contributed by atoms with E-state index in [1.807, 2.05) is 24.3 Å². The number of carbonyl (C=O) groups is 1. The number of hydrogen-bond donors (Lipinski definition) is 2. The molecule has 2 aliphatic heterocycles. The van der Waals surface area contributed by atoms with Gasteiger partial charge in [0.2, 0.25) is 0 Å². The Kier molecular flexibility index (Phi) is 8.55. The smallest absolute Gasteiger partial charge is 0.404 e. The van der Waals surface area contributed by atoms with Gasteiger partial charge in [0.05, 0.1) is 10.4 Å². The maximum Gasteiger partial charge on any atom is 0.573 e. The molecule has 1 aromatic heterocycles. The topological polar surface area (TPSA) is 63.2 Å². The minimum Gasteiger partial charge on any atom is -0.404 e. The first-order valence-electron chi connectivity index (χ1n) is 13.0. The lowest BCUT2D eigenvalue weighted by Crippen LogP contribution is -2.60. The number of rotatable bonds is 6. The van der Waals surface area contributed by atoms with Crippen LogP contribution in [0.1, 0.15) is 29.5 Å². The molecule has 1 atom stereocenters. The van der Waals surface area contributed by atoms with Crippen molar-refractivity contribution in [3.8, 4) is 5.75 Å². The molecule has 1 spiro atoms. The van der Waals surface area contributed by atoms with Crippen molar-refractivity contribution in [2.75, 3.05) is 26.2 Å². The highest BCUT2D eigenvalue weighted by atomic mass is 35.5. The standard InChI is InChI=1S/C29H26Cl3F3N4O2/c30-21-5-3-19(4-6-21)2-1-15-39(27(40)38-17-20-9-12-37-24(31)16-20)18-28(10-13-36-14-11-28)25-22(39)7-8-23(26(25)32)41-29(33,34)35/h1-9,12,16,36H,10-11,13-15,17-18H2/p+1/b2-1+. The second-order valence-electron chi connectivity index (χ2n) is 10.3. The molecule has 1 fully saturated rings. The predicted molar refractivity (Wildman–Crippen MR) is 155 cm³/mol. The van der Waals surface area contributed by atoms with Crippen LogP contribution in [0.5, 0.6) is 5.75 Å². The number of amides is 2. The molecule has 0 radical (unpaired) electrons. The van der Waals surface area contributed by atoms with E-state index in [1.165, 1.54) is 12.1 Å². The van der Waals surface area contributed by atoms with Gasteiger partial charge in [0, 0.05) is 29.4 Å². The van der Waals surface area contributed by atoms with Gasteiger partial charge in [-0.25, -0.2) is 14.3 Å². The molecule has 1 unspecified atom stereocenters. The second kappa shape index (κ2) is 11.8. The maximum absolute atomic E-state index is 14.2. The number of halogens is 6. The van der Waals surface area contributed by atoms with Crippen LogP contribution in [0.2, 0.25) is 15.2 Å². The van der Waals surface area contributed by atoms with E-state index in [0.29, 0.717) is 53.9 Å². The molecule has 1 saturated heterocycles. The van der Waals surface area contributed by atoms with Crippen molar-refractivity contribution in [3.63, 3.8) is 0 Å². The molecule has 5 rings (SSSR count). The number of aromatic nitrogens is 1. The summed E-state index contributed by atoms with van der Waals surface area (Å²) in [5, 5.41) is 7.13. The normalized spacial score (nSPS) is 19.9. The molecule has 2 amide bonds. The first kappa shape index (κ1) is 29.7. The number of alkyl halides is 3. The van der Waals surface area contributed by atoms with Gasteiger partial charge in [0.1, 0.15) is 29.7 Å². The van der Waals surface area contributed by atoms with Crippen LogP contribution < -0.4 is 19.9 Å². The van der Waals surface area contributed by atoms with Gasteiger partial charge in [0.25, 0.3) is 0 Å². The van der Waals surface area contributed by atoms with Crippen molar-refractivity contribution in [1.82, 2.24) is 20.1 Å². The Bertz CT molecular complexity index is 1460. The number of ether oxygens (including phenoxy) is 1. The van der Waals surface area contributed by atoms with E-state index >= 15 is 0 Å². The summed E-state index contributed by atoms with van der Waals surface area (Å²) < 4.78 is 43.8. The van der Waals surface area contributed by atoms with Gasteiger partial charge in [-0.15, -0.1) is 13.2 Å². The number of piperidine rings is 1. The second-order valence-corrected chi connectivity index (χ2v) is 11.5. The summed E-state index contributed by atoms with van der Waals surface area (Å²) in [5.41, 5.74) is 2.11. The van der Waals surface area contributed by atoms with Crippen molar-refractivity contribution in [1.29, 1.82) is 0 Å². The average molecular weight is 627 g/mol. The zero-order chi connectivity index (χ0) is 29.3. The number of urea groups is 1. The van der Waals surface area contributed by atoms with E-state index in [-0.39, 0.29) is 28.6 Å². The van der Waals surface area contributed by atoms with E-state index in [0.717, 1.165) is 11.1 Å². The molecule has 2 aromatic carbocycles. The van der Waals surface area contributed by atoms with Crippen molar-refractivity contribution in [3.05, 3.63) is 92.7 Å². The molecule has 3 aromatic rings. The van der Waals surface area contributed by atoms with Gasteiger partial charge < -0.3 is 15.4 Å². The fourth-order valence-corrected chi connectivity index (χ4v) is 6.58. The number of carbonyl (C=O) groups excluding carboxylic acids is 1. The lowest BCUT2D eigenvalue weighted by molar-refractivity contribution is -0.274. The van der Waals surface area contributed by atoms with Crippen molar-refractivity contribution in [2.45, 2.75) is 31.2 Å². The fourth-order valence-electron chi connectivity index (χ4n) is 5.86. The molecular formula is C29H27Cl3F3N4O2+. The summed E-state index contributed by atoms with van der Waals surface area (Å²) in [6, 6.07) is 13.1.